The number of piperidine rings is 1. The third-order valence-electron chi connectivity index (χ3n) is 3.22. The minimum Gasteiger partial charge on any atom is -0.465 e. The van der Waals surface area contributed by atoms with Crippen LogP contribution >= 0.6 is 0 Å². The highest BCUT2D eigenvalue weighted by atomic mass is 16.5. The third-order valence-corrected chi connectivity index (χ3v) is 3.22. The van der Waals surface area contributed by atoms with Gasteiger partial charge in [-0.2, -0.15) is 0 Å². The van der Waals surface area contributed by atoms with Gasteiger partial charge in [-0.15, -0.1) is 0 Å². The molecule has 0 aliphatic carbocycles. The number of rotatable bonds is 6. The molecule has 1 heterocycles. The number of esters is 1. The molecule has 0 saturated carbocycles. The lowest BCUT2D eigenvalue weighted by molar-refractivity contribution is -0.150. The van der Waals surface area contributed by atoms with Gasteiger partial charge in [0.2, 0.25) is 0 Å². The summed E-state index contributed by atoms with van der Waals surface area (Å²) in [5.74, 6) is -0.0151. The zero-order valence-electron chi connectivity index (χ0n) is 10.7. The van der Waals surface area contributed by atoms with Crippen LogP contribution < -0.4 is 0 Å². The fraction of sp³-hybridized carbons (Fsp3) is 0.923. The van der Waals surface area contributed by atoms with Gasteiger partial charge in [0.05, 0.1) is 6.61 Å². The molecule has 0 aromatic carbocycles. The third kappa shape index (κ3) is 4.12. The van der Waals surface area contributed by atoms with E-state index < -0.39 is 0 Å². The molecule has 1 unspecified atom stereocenters. The Hall–Kier alpha value is -0.570. The largest absolute Gasteiger partial charge is 0.465 e. The Morgan fingerprint density at radius 3 is 2.81 bits per heavy atom. The first-order valence-electron chi connectivity index (χ1n) is 6.70. The standard InChI is InChI=1S/C13H25NO2/c1-3-5-7-10-14-11-8-6-9-12(14)13(15)16-4-2/h12H,3-11H2,1-2H3. The molecule has 0 spiro atoms. The lowest BCUT2D eigenvalue weighted by atomic mass is 10.0. The van der Waals surface area contributed by atoms with E-state index in [2.05, 4.69) is 11.8 Å². The van der Waals surface area contributed by atoms with Gasteiger partial charge >= 0.3 is 5.97 Å². The van der Waals surface area contributed by atoms with Crippen molar-refractivity contribution in [1.29, 1.82) is 0 Å². The summed E-state index contributed by atoms with van der Waals surface area (Å²) in [5, 5.41) is 0. The van der Waals surface area contributed by atoms with Crippen molar-refractivity contribution in [2.75, 3.05) is 19.7 Å². The molecular formula is C13H25NO2. The molecule has 3 nitrogen and oxygen atoms in total. The topological polar surface area (TPSA) is 29.5 Å². The van der Waals surface area contributed by atoms with Gasteiger partial charge in [-0.25, -0.2) is 0 Å². The minimum absolute atomic E-state index is 0.0151. The highest BCUT2D eigenvalue weighted by Gasteiger charge is 2.28. The molecular weight excluding hydrogens is 202 g/mol. The monoisotopic (exact) mass is 227 g/mol. The Balaban J connectivity index is 2.40. The molecule has 1 aliphatic rings. The molecule has 1 atom stereocenters. The lowest BCUT2D eigenvalue weighted by Crippen LogP contribution is -2.45. The van der Waals surface area contributed by atoms with Gasteiger partial charge < -0.3 is 4.74 Å². The van der Waals surface area contributed by atoms with Gasteiger partial charge in [-0.1, -0.05) is 26.2 Å². The van der Waals surface area contributed by atoms with Crippen LogP contribution in [0, 0.1) is 0 Å². The van der Waals surface area contributed by atoms with E-state index in [-0.39, 0.29) is 12.0 Å². The van der Waals surface area contributed by atoms with Gasteiger partial charge in [-0.3, -0.25) is 9.69 Å². The Kier molecular flexibility index (Phi) is 6.46. The summed E-state index contributed by atoms with van der Waals surface area (Å²) in [7, 11) is 0. The molecule has 0 radical (unpaired) electrons. The summed E-state index contributed by atoms with van der Waals surface area (Å²) in [6, 6.07) is 0.0329. The molecule has 0 amide bonds. The number of hydrogen-bond acceptors (Lipinski definition) is 3. The smallest absolute Gasteiger partial charge is 0.323 e. The summed E-state index contributed by atoms with van der Waals surface area (Å²) >= 11 is 0. The molecule has 1 fully saturated rings. The molecule has 1 aliphatic heterocycles. The van der Waals surface area contributed by atoms with Crippen molar-refractivity contribution >= 4 is 5.97 Å². The lowest BCUT2D eigenvalue weighted by Gasteiger charge is -2.33. The Morgan fingerprint density at radius 1 is 1.31 bits per heavy atom. The zero-order valence-corrected chi connectivity index (χ0v) is 10.7. The number of nitrogens with zero attached hydrogens (tertiary/aromatic N) is 1. The van der Waals surface area contributed by atoms with E-state index in [1.54, 1.807) is 0 Å². The molecule has 3 heteroatoms. The molecule has 1 rings (SSSR count). The van der Waals surface area contributed by atoms with Gasteiger partial charge in [-0.05, 0) is 39.3 Å². The molecule has 0 aromatic heterocycles. The van der Waals surface area contributed by atoms with E-state index in [0.717, 1.165) is 25.9 Å². The first-order chi connectivity index (χ1) is 7.79. The van der Waals surface area contributed by atoms with E-state index in [1.165, 1.54) is 25.7 Å². The highest BCUT2D eigenvalue weighted by molar-refractivity contribution is 5.75. The maximum absolute atomic E-state index is 11.8. The Bertz CT molecular complexity index is 206. The van der Waals surface area contributed by atoms with Gasteiger partial charge in [0.1, 0.15) is 6.04 Å². The number of carbonyl (C=O) groups excluding carboxylic acids is 1. The van der Waals surface area contributed by atoms with E-state index >= 15 is 0 Å². The summed E-state index contributed by atoms with van der Waals surface area (Å²) < 4.78 is 5.14. The maximum atomic E-state index is 11.8. The fourth-order valence-electron chi connectivity index (χ4n) is 2.33. The second-order valence-corrected chi connectivity index (χ2v) is 4.51. The van der Waals surface area contributed by atoms with Crippen LogP contribution in [0.15, 0.2) is 0 Å². The van der Waals surface area contributed by atoms with E-state index in [0.29, 0.717) is 6.61 Å². The van der Waals surface area contributed by atoms with E-state index in [9.17, 15) is 4.79 Å². The average molecular weight is 227 g/mol. The number of carbonyl (C=O) groups is 1. The molecule has 0 aromatic rings. The zero-order chi connectivity index (χ0) is 11.8. The Morgan fingerprint density at radius 2 is 2.12 bits per heavy atom. The normalized spacial score (nSPS) is 22.0. The van der Waals surface area contributed by atoms with Crippen LogP contribution in [0.4, 0.5) is 0 Å². The van der Waals surface area contributed by atoms with Gasteiger partial charge in [0, 0.05) is 0 Å². The predicted octanol–water partition coefficient (Wildman–Crippen LogP) is 2.59. The van der Waals surface area contributed by atoms with Crippen LogP contribution in [0.25, 0.3) is 0 Å². The second kappa shape index (κ2) is 7.66. The number of hydrogen-bond donors (Lipinski definition) is 0. The van der Waals surface area contributed by atoms with Crippen LogP contribution in [0.2, 0.25) is 0 Å². The van der Waals surface area contributed by atoms with Crippen LogP contribution in [0.3, 0.4) is 0 Å². The maximum Gasteiger partial charge on any atom is 0.323 e. The van der Waals surface area contributed by atoms with Crippen molar-refractivity contribution in [2.45, 2.75) is 58.4 Å². The quantitative estimate of drug-likeness (QED) is 0.516. The van der Waals surface area contributed by atoms with Gasteiger partial charge in [0.25, 0.3) is 0 Å². The highest BCUT2D eigenvalue weighted by Crippen LogP contribution is 2.18. The molecule has 0 N–H and O–H groups in total. The van der Waals surface area contributed by atoms with Crippen LogP contribution in [-0.2, 0) is 9.53 Å². The predicted molar refractivity (Wildman–Crippen MR) is 65.4 cm³/mol. The number of ether oxygens (including phenoxy) is 1. The van der Waals surface area contributed by atoms with Crippen molar-refractivity contribution in [3.05, 3.63) is 0 Å². The molecule has 0 bridgehead atoms. The first kappa shape index (κ1) is 13.5. The van der Waals surface area contributed by atoms with E-state index in [1.807, 2.05) is 6.92 Å². The summed E-state index contributed by atoms with van der Waals surface area (Å²) in [6.07, 6.45) is 7.05. The van der Waals surface area contributed by atoms with Crippen molar-refractivity contribution in [3.63, 3.8) is 0 Å². The second-order valence-electron chi connectivity index (χ2n) is 4.51. The molecule has 1 saturated heterocycles. The SMILES string of the molecule is CCCCCN1CCCCC1C(=O)OCC. The number of unbranched alkanes of at least 4 members (excludes halogenated alkanes) is 2. The molecule has 16 heavy (non-hydrogen) atoms. The van der Waals surface area contributed by atoms with E-state index in [4.69, 9.17) is 4.74 Å². The van der Waals surface area contributed by atoms with Crippen molar-refractivity contribution in [1.82, 2.24) is 4.90 Å². The van der Waals surface area contributed by atoms with Crippen molar-refractivity contribution < 1.29 is 9.53 Å². The van der Waals surface area contributed by atoms with Crippen molar-refractivity contribution in [2.24, 2.45) is 0 Å². The summed E-state index contributed by atoms with van der Waals surface area (Å²) in [5.41, 5.74) is 0. The van der Waals surface area contributed by atoms with Crippen molar-refractivity contribution in [3.8, 4) is 0 Å². The average Bonchev–Trinajstić information content (AvgIpc) is 2.30. The first-order valence-corrected chi connectivity index (χ1v) is 6.70. The van der Waals surface area contributed by atoms with Crippen LogP contribution in [0.1, 0.15) is 52.4 Å². The minimum atomic E-state index is -0.0151. The summed E-state index contributed by atoms with van der Waals surface area (Å²) in [4.78, 5) is 14.1. The fourth-order valence-corrected chi connectivity index (χ4v) is 2.33. The van der Waals surface area contributed by atoms with Crippen LogP contribution in [0.5, 0.6) is 0 Å². The number of likely N-dealkylation sites (tertiary alicyclic amines) is 1. The van der Waals surface area contributed by atoms with Gasteiger partial charge in [0.15, 0.2) is 0 Å². The molecule has 94 valence electrons. The van der Waals surface area contributed by atoms with Crippen LogP contribution in [-0.4, -0.2) is 36.6 Å². The Labute approximate surface area is 99.1 Å². The summed E-state index contributed by atoms with van der Waals surface area (Å²) in [6.45, 7) is 6.70.